The molecule has 2 aromatic rings. The fraction of sp³-hybridized carbons (Fsp3) is 0.333. The lowest BCUT2D eigenvalue weighted by Gasteiger charge is -2.26. The van der Waals surface area contributed by atoms with Crippen molar-refractivity contribution >= 4 is 11.9 Å². The van der Waals surface area contributed by atoms with Gasteiger partial charge in [0.15, 0.2) is 0 Å². The summed E-state index contributed by atoms with van der Waals surface area (Å²) in [4.78, 5) is 24.2. The maximum absolute atomic E-state index is 12.5. The Morgan fingerprint density at radius 2 is 1.96 bits per heavy atom. The molecule has 0 heterocycles. The number of amides is 1. The largest absolute Gasteiger partial charge is 0.497 e. The van der Waals surface area contributed by atoms with E-state index in [9.17, 15) is 9.59 Å². The van der Waals surface area contributed by atoms with Crippen molar-refractivity contribution in [2.75, 3.05) is 7.11 Å². The van der Waals surface area contributed by atoms with Gasteiger partial charge in [0.2, 0.25) is 6.10 Å². The molecule has 2 aromatic carbocycles. The number of hydrogen-bond acceptors (Lipinski definition) is 4. The predicted octanol–water partition coefficient (Wildman–Crippen LogP) is 3.28. The highest BCUT2D eigenvalue weighted by atomic mass is 16.5. The second kappa shape index (κ2) is 8.04. The molecule has 5 nitrogen and oxygen atoms in total. The zero-order valence-electron chi connectivity index (χ0n) is 14.8. The fourth-order valence-electron chi connectivity index (χ4n) is 3.53. The molecule has 1 amide bonds. The summed E-state index contributed by atoms with van der Waals surface area (Å²) in [6.07, 6.45) is 2.08. The van der Waals surface area contributed by atoms with Gasteiger partial charge in [0.05, 0.1) is 13.5 Å². The topological polar surface area (TPSA) is 78.6 Å². The summed E-state index contributed by atoms with van der Waals surface area (Å²) in [5.74, 6) is -0.170. The number of fused-ring (bicyclic) bond motifs is 1. The molecular formula is C21H23NO4. The summed E-state index contributed by atoms with van der Waals surface area (Å²) in [5.41, 5.74) is 8.38. The van der Waals surface area contributed by atoms with E-state index in [0.717, 1.165) is 30.6 Å². The Labute approximate surface area is 153 Å². The van der Waals surface area contributed by atoms with E-state index in [2.05, 4.69) is 0 Å². The minimum atomic E-state index is -1.05. The van der Waals surface area contributed by atoms with Crippen LogP contribution in [0.1, 0.15) is 48.0 Å². The Bertz CT molecular complexity index is 788. The number of rotatable bonds is 6. The number of ether oxygens (including phenoxy) is 2. The molecule has 0 radical (unpaired) electrons. The molecule has 0 fully saturated rings. The van der Waals surface area contributed by atoms with Crippen molar-refractivity contribution in [2.24, 2.45) is 5.73 Å². The second-order valence-electron chi connectivity index (χ2n) is 6.54. The Hall–Kier alpha value is -2.82. The molecule has 0 aliphatic heterocycles. The van der Waals surface area contributed by atoms with Crippen molar-refractivity contribution in [1.82, 2.24) is 0 Å². The lowest BCUT2D eigenvalue weighted by molar-refractivity contribution is -0.155. The van der Waals surface area contributed by atoms with Gasteiger partial charge in [-0.2, -0.15) is 0 Å². The van der Waals surface area contributed by atoms with Crippen LogP contribution < -0.4 is 10.5 Å². The molecule has 1 aliphatic rings. The Kier molecular flexibility index (Phi) is 5.56. The van der Waals surface area contributed by atoms with Crippen LogP contribution in [0.4, 0.5) is 0 Å². The van der Waals surface area contributed by atoms with E-state index in [-0.39, 0.29) is 12.3 Å². The van der Waals surface area contributed by atoms with Crippen molar-refractivity contribution in [1.29, 1.82) is 0 Å². The minimum absolute atomic E-state index is 0.0847. The summed E-state index contributed by atoms with van der Waals surface area (Å²) in [6, 6.07) is 14.8. The van der Waals surface area contributed by atoms with Gasteiger partial charge in [-0.1, -0.05) is 36.4 Å². The molecule has 0 aromatic heterocycles. The van der Waals surface area contributed by atoms with Crippen LogP contribution in [0, 0.1) is 0 Å². The Morgan fingerprint density at radius 1 is 1.19 bits per heavy atom. The third-order valence-corrected chi connectivity index (χ3v) is 4.81. The Balaban J connectivity index is 1.71. The quantitative estimate of drug-likeness (QED) is 0.809. The predicted molar refractivity (Wildman–Crippen MR) is 97.8 cm³/mol. The SMILES string of the molecule is COc1ccc2c(c1)CCC[C@H]2CC(=O)O[C@@H](C(N)=O)c1ccccc1. The second-order valence-corrected chi connectivity index (χ2v) is 6.54. The van der Waals surface area contributed by atoms with Crippen LogP contribution in [0.2, 0.25) is 0 Å². The molecule has 26 heavy (non-hydrogen) atoms. The van der Waals surface area contributed by atoms with E-state index in [4.69, 9.17) is 15.2 Å². The molecule has 0 unspecified atom stereocenters. The monoisotopic (exact) mass is 353 g/mol. The first-order valence-electron chi connectivity index (χ1n) is 8.79. The number of primary amides is 1. The highest BCUT2D eigenvalue weighted by Gasteiger charge is 2.27. The van der Waals surface area contributed by atoms with E-state index >= 15 is 0 Å². The molecule has 0 spiro atoms. The van der Waals surface area contributed by atoms with Crippen molar-refractivity contribution in [3.05, 3.63) is 65.2 Å². The van der Waals surface area contributed by atoms with Crippen molar-refractivity contribution in [3.8, 4) is 5.75 Å². The van der Waals surface area contributed by atoms with Gasteiger partial charge in [-0.15, -0.1) is 0 Å². The van der Waals surface area contributed by atoms with Gasteiger partial charge in [0, 0.05) is 5.56 Å². The molecule has 0 saturated carbocycles. The maximum Gasteiger partial charge on any atom is 0.307 e. The van der Waals surface area contributed by atoms with Crippen molar-refractivity contribution in [3.63, 3.8) is 0 Å². The average molecular weight is 353 g/mol. The Morgan fingerprint density at radius 3 is 2.65 bits per heavy atom. The number of hydrogen-bond donors (Lipinski definition) is 1. The molecule has 136 valence electrons. The zero-order chi connectivity index (χ0) is 18.5. The molecule has 0 bridgehead atoms. The van der Waals surface area contributed by atoms with Crippen LogP contribution in [-0.4, -0.2) is 19.0 Å². The standard InChI is InChI=1S/C21H23NO4/c1-25-17-10-11-18-15(12-17)8-5-9-16(18)13-19(23)26-20(21(22)24)14-6-3-2-4-7-14/h2-4,6-7,10-12,16,20H,5,8-9,13H2,1H3,(H2,22,24)/t16-,20+/m0/s1. The van der Waals surface area contributed by atoms with E-state index < -0.39 is 18.0 Å². The molecule has 5 heteroatoms. The molecule has 0 saturated heterocycles. The third-order valence-electron chi connectivity index (χ3n) is 4.81. The van der Waals surface area contributed by atoms with E-state index in [1.54, 1.807) is 31.4 Å². The average Bonchev–Trinajstić information content (AvgIpc) is 2.66. The molecule has 2 N–H and O–H groups in total. The zero-order valence-corrected chi connectivity index (χ0v) is 14.8. The normalized spacial score (nSPS) is 17.0. The van der Waals surface area contributed by atoms with Gasteiger partial charge in [-0.3, -0.25) is 9.59 Å². The molecule has 3 rings (SSSR count). The van der Waals surface area contributed by atoms with Crippen LogP contribution in [-0.2, 0) is 20.7 Å². The van der Waals surface area contributed by atoms with E-state index in [1.165, 1.54) is 5.56 Å². The number of benzene rings is 2. The smallest absolute Gasteiger partial charge is 0.307 e. The van der Waals surface area contributed by atoms with Gasteiger partial charge in [0.25, 0.3) is 5.91 Å². The summed E-state index contributed by atoms with van der Waals surface area (Å²) >= 11 is 0. The van der Waals surface area contributed by atoms with Crippen LogP contribution in [0.25, 0.3) is 0 Å². The molecule has 2 atom stereocenters. The lowest BCUT2D eigenvalue weighted by atomic mass is 9.81. The van der Waals surface area contributed by atoms with E-state index in [0.29, 0.717) is 5.56 Å². The molecule has 1 aliphatic carbocycles. The highest BCUT2D eigenvalue weighted by molar-refractivity contribution is 5.83. The van der Waals surface area contributed by atoms with Crippen LogP contribution >= 0.6 is 0 Å². The van der Waals surface area contributed by atoms with Gasteiger partial charge >= 0.3 is 5.97 Å². The minimum Gasteiger partial charge on any atom is -0.497 e. The van der Waals surface area contributed by atoms with Gasteiger partial charge in [0.1, 0.15) is 5.75 Å². The summed E-state index contributed by atoms with van der Waals surface area (Å²) in [5, 5.41) is 0. The van der Waals surface area contributed by atoms with Crippen molar-refractivity contribution in [2.45, 2.75) is 37.7 Å². The maximum atomic E-state index is 12.5. The van der Waals surface area contributed by atoms with Crippen LogP contribution in [0.3, 0.4) is 0 Å². The lowest BCUT2D eigenvalue weighted by Crippen LogP contribution is -2.27. The molecular weight excluding hydrogens is 330 g/mol. The van der Waals surface area contributed by atoms with E-state index in [1.807, 2.05) is 24.3 Å². The first kappa shape index (κ1) is 18.0. The summed E-state index contributed by atoms with van der Waals surface area (Å²) in [7, 11) is 1.65. The van der Waals surface area contributed by atoms with Gasteiger partial charge < -0.3 is 15.2 Å². The number of carbonyl (C=O) groups is 2. The summed E-state index contributed by atoms with van der Waals surface area (Å²) < 4.78 is 10.7. The number of carbonyl (C=O) groups excluding carboxylic acids is 2. The number of nitrogens with two attached hydrogens (primary N) is 1. The number of methoxy groups -OCH3 is 1. The number of esters is 1. The van der Waals surface area contributed by atoms with Crippen LogP contribution in [0.15, 0.2) is 48.5 Å². The first-order chi connectivity index (χ1) is 12.6. The highest BCUT2D eigenvalue weighted by Crippen LogP contribution is 2.36. The third kappa shape index (κ3) is 4.04. The van der Waals surface area contributed by atoms with Gasteiger partial charge in [-0.05, 0) is 48.4 Å². The van der Waals surface area contributed by atoms with Crippen molar-refractivity contribution < 1.29 is 19.1 Å². The first-order valence-corrected chi connectivity index (χ1v) is 8.79. The van der Waals surface area contributed by atoms with Gasteiger partial charge in [-0.25, -0.2) is 0 Å². The summed E-state index contributed by atoms with van der Waals surface area (Å²) in [6.45, 7) is 0. The number of aryl methyl sites for hydroxylation is 1. The van der Waals surface area contributed by atoms with Crippen LogP contribution in [0.5, 0.6) is 5.75 Å². The fourth-order valence-corrected chi connectivity index (χ4v) is 3.53.